The van der Waals surface area contributed by atoms with Crippen LogP contribution < -0.4 is 0 Å². The van der Waals surface area contributed by atoms with Gasteiger partial charge in [0.15, 0.2) is 0 Å². The van der Waals surface area contributed by atoms with Crippen molar-refractivity contribution in [3.05, 3.63) is 48.0 Å². The number of hydrogen-bond donors (Lipinski definition) is 0. The molecule has 0 saturated carbocycles. The molecule has 1 atom stereocenters. The molecule has 1 aromatic heterocycles. The minimum Gasteiger partial charge on any atom is -0.342 e. The van der Waals surface area contributed by atoms with Gasteiger partial charge in [-0.2, -0.15) is 0 Å². The quantitative estimate of drug-likeness (QED) is 0.686. The van der Waals surface area contributed by atoms with E-state index in [1.165, 1.54) is 4.90 Å². The molecule has 0 bridgehead atoms. The Labute approximate surface area is 166 Å². The van der Waals surface area contributed by atoms with Crippen LogP contribution in [0.2, 0.25) is 0 Å². The number of aromatic nitrogens is 2. The van der Waals surface area contributed by atoms with E-state index in [-0.39, 0.29) is 5.91 Å². The number of carbonyl (C=O) groups excluding carboxylic acids is 1. The molecule has 3 rings (SSSR count). The van der Waals surface area contributed by atoms with E-state index in [0.717, 1.165) is 50.4 Å². The molecule has 2 aromatic rings. The van der Waals surface area contributed by atoms with Crippen molar-refractivity contribution in [2.24, 2.45) is 0 Å². The minimum absolute atomic E-state index is 0.225. The third-order valence-electron chi connectivity index (χ3n) is 5.19. The fourth-order valence-corrected chi connectivity index (χ4v) is 4.03. The molecule has 0 N–H and O–H groups in total. The van der Waals surface area contributed by atoms with Crippen molar-refractivity contribution in [2.75, 3.05) is 40.0 Å². The maximum atomic E-state index is 12.8. The molecule has 1 aliphatic rings. The molecule has 0 radical (unpaired) electrons. The third-order valence-corrected chi connectivity index (χ3v) is 5.93. The van der Waals surface area contributed by atoms with Gasteiger partial charge in [0.25, 0.3) is 0 Å². The Kier molecular flexibility index (Phi) is 6.96. The van der Waals surface area contributed by atoms with E-state index in [1.807, 2.05) is 11.1 Å². The summed E-state index contributed by atoms with van der Waals surface area (Å²) in [6.07, 6.45) is 8.65. The highest BCUT2D eigenvalue weighted by Gasteiger charge is 2.27. The Hall–Kier alpha value is -1.79. The van der Waals surface area contributed by atoms with Crippen LogP contribution in [0.5, 0.6) is 0 Å². The number of amides is 1. The lowest BCUT2D eigenvalue weighted by atomic mass is 9.96. The summed E-state index contributed by atoms with van der Waals surface area (Å²) in [7, 11) is 4.17. The Morgan fingerprint density at radius 1 is 1.30 bits per heavy atom. The number of likely N-dealkylation sites (tertiary alicyclic amines) is 1. The molecule has 5 nitrogen and oxygen atoms in total. The van der Waals surface area contributed by atoms with Crippen molar-refractivity contribution in [1.82, 2.24) is 19.4 Å². The van der Waals surface area contributed by atoms with E-state index < -0.39 is 0 Å². The summed E-state index contributed by atoms with van der Waals surface area (Å²) >= 11 is 1.72. The number of carbonyl (C=O) groups is 1. The van der Waals surface area contributed by atoms with Crippen LogP contribution in [0.25, 0.3) is 0 Å². The minimum atomic E-state index is 0.225. The van der Waals surface area contributed by atoms with Crippen molar-refractivity contribution >= 4 is 17.7 Å². The topological polar surface area (TPSA) is 41.4 Å². The van der Waals surface area contributed by atoms with Crippen molar-refractivity contribution in [1.29, 1.82) is 0 Å². The van der Waals surface area contributed by atoms with Gasteiger partial charge in [0.05, 0.1) is 6.42 Å². The molecule has 6 heteroatoms. The molecule has 0 unspecified atom stereocenters. The number of nitrogens with zero attached hydrogens (tertiary/aromatic N) is 4. The van der Waals surface area contributed by atoms with Gasteiger partial charge in [0, 0.05) is 49.4 Å². The van der Waals surface area contributed by atoms with Crippen LogP contribution in [0.1, 0.15) is 30.1 Å². The van der Waals surface area contributed by atoms with Crippen LogP contribution in [0.4, 0.5) is 0 Å². The van der Waals surface area contributed by atoms with Crippen LogP contribution in [-0.2, 0) is 17.8 Å². The second-order valence-electron chi connectivity index (χ2n) is 7.49. The van der Waals surface area contributed by atoms with Crippen LogP contribution >= 0.6 is 11.8 Å². The zero-order chi connectivity index (χ0) is 19.2. The predicted octanol–water partition coefficient (Wildman–Crippen LogP) is 3.12. The predicted molar refractivity (Wildman–Crippen MR) is 111 cm³/mol. The Morgan fingerprint density at radius 2 is 2.07 bits per heavy atom. The zero-order valence-corrected chi connectivity index (χ0v) is 17.4. The lowest BCUT2D eigenvalue weighted by molar-refractivity contribution is -0.131. The molecule has 1 aromatic carbocycles. The van der Waals surface area contributed by atoms with Crippen molar-refractivity contribution < 1.29 is 4.79 Å². The van der Waals surface area contributed by atoms with Crippen molar-refractivity contribution in [2.45, 2.75) is 36.6 Å². The van der Waals surface area contributed by atoms with Gasteiger partial charge >= 0.3 is 0 Å². The molecular formula is C21H30N4OS. The number of benzene rings is 1. The molecule has 146 valence electrons. The van der Waals surface area contributed by atoms with Gasteiger partial charge in [-0.1, -0.05) is 12.1 Å². The normalized spacial score (nSPS) is 17.5. The molecule has 1 saturated heterocycles. The maximum Gasteiger partial charge on any atom is 0.227 e. The van der Waals surface area contributed by atoms with E-state index in [2.05, 4.69) is 65.3 Å². The van der Waals surface area contributed by atoms with E-state index in [1.54, 1.807) is 11.8 Å². The lowest BCUT2D eigenvalue weighted by Crippen LogP contribution is -2.40. The summed E-state index contributed by atoms with van der Waals surface area (Å²) in [6.45, 7) is 3.57. The fourth-order valence-electron chi connectivity index (χ4n) is 3.62. The van der Waals surface area contributed by atoms with Gasteiger partial charge in [-0.25, -0.2) is 4.98 Å². The van der Waals surface area contributed by atoms with Crippen LogP contribution in [0.15, 0.2) is 41.6 Å². The second-order valence-corrected chi connectivity index (χ2v) is 8.37. The Morgan fingerprint density at radius 3 is 2.78 bits per heavy atom. The lowest BCUT2D eigenvalue weighted by Gasteiger charge is -2.33. The summed E-state index contributed by atoms with van der Waals surface area (Å²) in [6, 6.07) is 8.32. The van der Waals surface area contributed by atoms with Gasteiger partial charge in [0.1, 0.15) is 5.82 Å². The summed E-state index contributed by atoms with van der Waals surface area (Å²) in [5, 5.41) is 0. The zero-order valence-electron chi connectivity index (χ0n) is 16.6. The first-order valence-electron chi connectivity index (χ1n) is 9.63. The number of likely N-dealkylation sites (N-methyl/N-ethyl adjacent to an activating group) is 1. The first-order valence-corrected chi connectivity index (χ1v) is 10.9. The second kappa shape index (κ2) is 9.42. The van der Waals surface area contributed by atoms with Crippen molar-refractivity contribution in [3.8, 4) is 0 Å². The third kappa shape index (κ3) is 5.36. The summed E-state index contributed by atoms with van der Waals surface area (Å²) in [5.74, 6) is 1.68. The summed E-state index contributed by atoms with van der Waals surface area (Å²) in [5.41, 5.74) is 1.09. The van der Waals surface area contributed by atoms with Crippen LogP contribution in [-0.4, -0.2) is 65.2 Å². The van der Waals surface area contributed by atoms with Gasteiger partial charge in [-0.3, -0.25) is 4.79 Å². The van der Waals surface area contributed by atoms with Crippen LogP contribution in [0, 0.1) is 0 Å². The smallest absolute Gasteiger partial charge is 0.227 e. The molecule has 1 aliphatic heterocycles. The first-order chi connectivity index (χ1) is 13.1. The highest BCUT2D eigenvalue weighted by Crippen LogP contribution is 2.26. The van der Waals surface area contributed by atoms with E-state index >= 15 is 0 Å². The largest absolute Gasteiger partial charge is 0.342 e. The molecule has 0 aliphatic carbocycles. The summed E-state index contributed by atoms with van der Waals surface area (Å²) < 4.78 is 2.25. The molecule has 27 heavy (non-hydrogen) atoms. The fraction of sp³-hybridized carbons (Fsp3) is 0.524. The highest BCUT2D eigenvalue weighted by atomic mass is 32.2. The van der Waals surface area contributed by atoms with Gasteiger partial charge in [-0.05, 0) is 50.9 Å². The maximum absolute atomic E-state index is 12.8. The molecule has 2 heterocycles. The monoisotopic (exact) mass is 386 g/mol. The average Bonchev–Trinajstić information content (AvgIpc) is 3.15. The number of hydrogen-bond acceptors (Lipinski definition) is 4. The number of thioether (sulfide) groups is 1. The number of piperidine rings is 1. The highest BCUT2D eigenvalue weighted by molar-refractivity contribution is 7.98. The van der Waals surface area contributed by atoms with E-state index in [9.17, 15) is 4.79 Å². The Balaban J connectivity index is 1.62. The molecule has 1 fully saturated rings. The first kappa shape index (κ1) is 20.0. The van der Waals surface area contributed by atoms with Gasteiger partial charge < -0.3 is 14.4 Å². The standard InChI is InChI=1S/C21H30N4OS/c1-23(2)13-14-24-12-10-22-21(24)18-5-4-11-25(16-18)20(26)15-17-6-8-19(27-3)9-7-17/h6-10,12,18H,4-5,11,13-16H2,1-3H3/t18-/m1/s1. The Bertz CT molecular complexity index is 741. The summed E-state index contributed by atoms with van der Waals surface area (Å²) in [4.78, 5) is 22.9. The van der Waals surface area contributed by atoms with Crippen LogP contribution in [0.3, 0.4) is 0 Å². The van der Waals surface area contributed by atoms with E-state index in [0.29, 0.717) is 12.3 Å². The van der Waals surface area contributed by atoms with Crippen molar-refractivity contribution in [3.63, 3.8) is 0 Å². The SMILES string of the molecule is CSc1ccc(CC(=O)N2CCC[C@@H](c3nccn3CCN(C)C)C2)cc1. The average molecular weight is 387 g/mol. The van der Waals surface area contributed by atoms with Gasteiger partial charge in [-0.15, -0.1) is 11.8 Å². The molecular weight excluding hydrogens is 356 g/mol. The number of rotatable bonds is 7. The molecule has 1 amide bonds. The van der Waals surface area contributed by atoms with E-state index in [4.69, 9.17) is 0 Å². The number of imidazole rings is 1. The van der Waals surface area contributed by atoms with Gasteiger partial charge in [0.2, 0.25) is 5.91 Å². The molecule has 0 spiro atoms.